The van der Waals surface area contributed by atoms with Crippen LogP contribution in [0.2, 0.25) is 0 Å². The van der Waals surface area contributed by atoms with Crippen molar-refractivity contribution in [3.05, 3.63) is 13.2 Å². The largest absolute Gasteiger partial charge is 0.391 e. The smallest absolute Gasteiger partial charge is 0.223 e. The van der Waals surface area contributed by atoms with Crippen LogP contribution in [0, 0.1) is 5.41 Å². The number of carbonyl (C=O) groups excluding carboxylic acids is 1. The van der Waals surface area contributed by atoms with Gasteiger partial charge in [-0.1, -0.05) is 48.5 Å². The number of rotatable bonds is 1. The highest BCUT2D eigenvalue weighted by Crippen LogP contribution is 2.21. The Balaban J connectivity index is -0.000000375. The molecule has 116 valence electrons. The van der Waals surface area contributed by atoms with Crippen LogP contribution in [0.4, 0.5) is 0 Å². The molecule has 0 spiro atoms. The molecule has 1 saturated heterocycles. The lowest BCUT2D eigenvalue weighted by Gasteiger charge is -2.22. The molecule has 1 unspecified atom stereocenters. The van der Waals surface area contributed by atoms with Crippen molar-refractivity contribution in [3.63, 3.8) is 0 Å². The van der Waals surface area contributed by atoms with Crippen LogP contribution < -0.4 is 0 Å². The van der Waals surface area contributed by atoms with Crippen LogP contribution in [-0.2, 0) is 4.79 Å². The summed E-state index contributed by atoms with van der Waals surface area (Å²) in [7, 11) is 0. The van der Waals surface area contributed by atoms with Crippen molar-refractivity contribution in [1.29, 1.82) is 0 Å². The highest BCUT2D eigenvalue weighted by Gasteiger charge is 2.27. The zero-order valence-electron chi connectivity index (χ0n) is 14.1. The molecular formula is C16H35NO2. The summed E-state index contributed by atoms with van der Waals surface area (Å²) in [6.07, 6.45) is 0.999. The van der Waals surface area contributed by atoms with Gasteiger partial charge in [-0.25, -0.2) is 0 Å². The van der Waals surface area contributed by atoms with Crippen LogP contribution in [0.25, 0.3) is 0 Å². The molecule has 0 aromatic rings. The van der Waals surface area contributed by atoms with Crippen molar-refractivity contribution in [3.8, 4) is 0 Å². The lowest BCUT2D eigenvalue weighted by Crippen LogP contribution is -2.32. The summed E-state index contributed by atoms with van der Waals surface area (Å²) < 4.78 is 0. The molecule has 1 heterocycles. The van der Waals surface area contributed by atoms with E-state index in [-0.39, 0.29) is 17.4 Å². The van der Waals surface area contributed by atoms with Crippen molar-refractivity contribution in [2.45, 2.75) is 67.4 Å². The number of likely N-dealkylation sites (tertiary alicyclic amines) is 1. The normalized spacial score (nSPS) is 17.1. The van der Waals surface area contributed by atoms with E-state index in [2.05, 4.69) is 33.9 Å². The highest BCUT2D eigenvalue weighted by molar-refractivity contribution is 5.77. The van der Waals surface area contributed by atoms with Gasteiger partial charge in [-0.15, -0.1) is 13.2 Å². The maximum Gasteiger partial charge on any atom is 0.223 e. The summed E-state index contributed by atoms with van der Waals surface area (Å²) in [5.74, 6) is 0.170. The number of aliphatic hydroxyl groups excluding tert-OH is 1. The van der Waals surface area contributed by atoms with Crippen molar-refractivity contribution in [2.24, 2.45) is 5.41 Å². The molecule has 0 aliphatic carbocycles. The molecule has 3 heteroatoms. The first-order valence-electron chi connectivity index (χ1n) is 7.34. The molecule has 1 N–H and O–H groups in total. The molecule has 1 aliphatic heterocycles. The minimum absolute atomic E-state index is 0.0463. The SMILES string of the molecule is C=C.CC.CC.CC(C)(C)CC(=O)N1CCC(O)C1. The van der Waals surface area contributed by atoms with Crippen LogP contribution in [-0.4, -0.2) is 35.1 Å². The second kappa shape index (κ2) is 13.6. The van der Waals surface area contributed by atoms with E-state index in [1.165, 1.54) is 0 Å². The summed E-state index contributed by atoms with van der Waals surface area (Å²) in [5, 5.41) is 9.25. The van der Waals surface area contributed by atoms with Gasteiger partial charge < -0.3 is 10.0 Å². The maximum absolute atomic E-state index is 11.6. The monoisotopic (exact) mass is 273 g/mol. The number of aliphatic hydroxyl groups is 1. The molecule has 0 saturated carbocycles. The number of amides is 1. The fraction of sp³-hybridized carbons (Fsp3) is 0.812. The van der Waals surface area contributed by atoms with Crippen molar-refractivity contribution in [2.75, 3.05) is 13.1 Å². The predicted octanol–water partition coefficient (Wildman–Crippen LogP) is 3.87. The standard InChI is InChI=1S/C10H19NO2.2C2H6.C2H4/c1-10(2,3)6-9(13)11-5-4-8(12)7-11;3*1-2/h8,12H,4-7H2,1-3H3;2*1-2H3;1-2H2. The minimum atomic E-state index is -0.302. The maximum atomic E-state index is 11.6. The van der Waals surface area contributed by atoms with Crippen molar-refractivity contribution < 1.29 is 9.90 Å². The Hall–Kier alpha value is -0.830. The summed E-state index contributed by atoms with van der Waals surface area (Å²) in [5.41, 5.74) is 0.0463. The Morgan fingerprint density at radius 1 is 1.21 bits per heavy atom. The van der Waals surface area contributed by atoms with Gasteiger partial charge in [-0.3, -0.25) is 4.79 Å². The van der Waals surface area contributed by atoms with E-state index in [0.717, 1.165) is 13.0 Å². The number of hydrogen-bond acceptors (Lipinski definition) is 2. The number of nitrogens with zero attached hydrogens (tertiary/aromatic N) is 1. The minimum Gasteiger partial charge on any atom is -0.391 e. The summed E-state index contributed by atoms with van der Waals surface area (Å²) in [6, 6.07) is 0. The van der Waals surface area contributed by atoms with Gasteiger partial charge in [0, 0.05) is 19.5 Å². The van der Waals surface area contributed by atoms with Gasteiger partial charge in [0.2, 0.25) is 5.91 Å². The Labute approximate surface area is 120 Å². The van der Waals surface area contributed by atoms with Gasteiger partial charge in [0.15, 0.2) is 0 Å². The van der Waals surface area contributed by atoms with Crippen LogP contribution in [0.15, 0.2) is 13.2 Å². The van der Waals surface area contributed by atoms with E-state index in [4.69, 9.17) is 0 Å². The first kappa shape index (κ1) is 23.3. The van der Waals surface area contributed by atoms with E-state index in [1.807, 2.05) is 27.7 Å². The van der Waals surface area contributed by atoms with E-state index >= 15 is 0 Å². The number of β-amino-alcohol motifs (C(OH)–C–C–N with tert-alkyl or cyclic N) is 1. The Morgan fingerprint density at radius 2 is 1.63 bits per heavy atom. The Morgan fingerprint density at radius 3 is 1.89 bits per heavy atom. The summed E-state index contributed by atoms with van der Waals surface area (Å²) in [6.45, 7) is 21.4. The fourth-order valence-electron chi connectivity index (χ4n) is 1.53. The van der Waals surface area contributed by atoms with Crippen molar-refractivity contribution >= 4 is 5.91 Å². The van der Waals surface area contributed by atoms with Gasteiger partial charge in [0.05, 0.1) is 6.10 Å². The second-order valence-electron chi connectivity index (χ2n) is 5.02. The molecular weight excluding hydrogens is 238 g/mol. The Kier molecular flexibility index (Phi) is 16.7. The lowest BCUT2D eigenvalue weighted by atomic mass is 9.92. The molecule has 1 fully saturated rings. The van der Waals surface area contributed by atoms with Crippen LogP contribution in [0.3, 0.4) is 0 Å². The average Bonchev–Trinajstić information content (AvgIpc) is 2.82. The first-order valence-corrected chi connectivity index (χ1v) is 7.34. The van der Waals surface area contributed by atoms with Crippen LogP contribution in [0.5, 0.6) is 0 Å². The van der Waals surface area contributed by atoms with Crippen LogP contribution in [0.1, 0.15) is 61.3 Å². The molecule has 0 aromatic heterocycles. The van der Waals surface area contributed by atoms with E-state index in [1.54, 1.807) is 4.90 Å². The molecule has 1 aliphatic rings. The van der Waals surface area contributed by atoms with Crippen molar-refractivity contribution in [1.82, 2.24) is 4.90 Å². The molecule has 19 heavy (non-hydrogen) atoms. The topological polar surface area (TPSA) is 40.5 Å². The summed E-state index contributed by atoms with van der Waals surface area (Å²) in [4.78, 5) is 13.4. The van der Waals surface area contributed by atoms with Gasteiger partial charge in [0.25, 0.3) is 0 Å². The molecule has 0 bridgehead atoms. The van der Waals surface area contributed by atoms with E-state index < -0.39 is 0 Å². The highest BCUT2D eigenvalue weighted by atomic mass is 16.3. The van der Waals surface area contributed by atoms with Crippen LogP contribution >= 0.6 is 0 Å². The zero-order valence-corrected chi connectivity index (χ0v) is 14.1. The van der Waals surface area contributed by atoms with Gasteiger partial charge in [-0.2, -0.15) is 0 Å². The fourth-order valence-corrected chi connectivity index (χ4v) is 1.53. The Bertz CT molecular complexity index is 209. The molecule has 0 radical (unpaired) electrons. The third-order valence-corrected chi connectivity index (χ3v) is 2.20. The molecule has 1 amide bonds. The predicted molar refractivity (Wildman–Crippen MR) is 85.2 cm³/mol. The molecule has 3 nitrogen and oxygen atoms in total. The molecule has 0 aromatic carbocycles. The average molecular weight is 273 g/mol. The first-order chi connectivity index (χ1) is 8.88. The molecule has 1 rings (SSSR count). The van der Waals surface area contributed by atoms with E-state index in [0.29, 0.717) is 13.0 Å². The van der Waals surface area contributed by atoms with Gasteiger partial charge in [-0.05, 0) is 11.8 Å². The number of carbonyl (C=O) groups is 1. The molecule has 1 atom stereocenters. The van der Waals surface area contributed by atoms with Gasteiger partial charge in [0.1, 0.15) is 0 Å². The quantitative estimate of drug-likeness (QED) is 0.737. The third-order valence-electron chi connectivity index (χ3n) is 2.20. The third kappa shape index (κ3) is 13.4. The lowest BCUT2D eigenvalue weighted by molar-refractivity contribution is -0.132. The van der Waals surface area contributed by atoms with Gasteiger partial charge >= 0.3 is 0 Å². The zero-order chi connectivity index (χ0) is 16.1. The van der Waals surface area contributed by atoms with E-state index in [9.17, 15) is 9.90 Å². The summed E-state index contributed by atoms with van der Waals surface area (Å²) >= 11 is 0. The number of hydrogen-bond donors (Lipinski definition) is 1. The second-order valence-corrected chi connectivity index (χ2v) is 5.02.